The first-order valence-electron chi connectivity index (χ1n) is 5.53. The Morgan fingerprint density at radius 2 is 1.94 bits per heavy atom. The van der Waals surface area contributed by atoms with E-state index in [4.69, 9.17) is 5.73 Å². The van der Waals surface area contributed by atoms with E-state index in [-0.39, 0.29) is 18.4 Å². The van der Waals surface area contributed by atoms with E-state index in [9.17, 15) is 4.79 Å². The molecule has 0 aliphatic carbocycles. The summed E-state index contributed by atoms with van der Waals surface area (Å²) in [5.41, 5.74) is 7.97. The number of carbonyl (C=O) groups excluding carboxylic acids is 1. The maximum atomic E-state index is 11.0. The van der Waals surface area contributed by atoms with Crippen molar-refractivity contribution in [3.05, 3.63) is 35.4 Å². The van der Waals surface area contributed by atoms with Gasteiger partial charge in [0.25, 0.3) is 0 Å². The molecule has 1 unspecified atom stereocenters. The van der Waals surface area contributed by atoms with Crippen LogP contribution in [0.5, 0.6) is 0 Å². The van der Waals surface area contributed by atoms with Gasteiger partial charge in [-0.2, -0.15) is 0 Å². The fourth-order valence-electron chi connectivity index (χ4n) is 1.38. The van der Waals surface area contributed by atoms with Crippen molar-refractivity contribution in [1.29, 1.82) is 0 Å². The van der Waals surface area contributed by atoms with Gasteiger partial charge in [0.15, 0.2) is 0 Å². The second-order valence-electron chi connectivity index (χ2n) is 3.24. The van der Waals surface area contributed by atoms with Crippen LogP contribution in [0.25, 0.3) is 0 Å². The summed E-state index contributed by atoms with van der Waals surface area (Å²) < 4.78 is 4.56. The molecule has 0 spiro atoms. The van der Waals surface area contributed by atoms with Crippen LogP contribution in [0.15, 0.2) is 24.3 Å². The monoisotopic (exact) mass is 223 g/mol. The zero-order chi connectivity index (χ0) is 12.6. The number of hydrogen-bond acceptors (Lipinski definition) is 3. The van der Waals surface area contributed by atoms with Crippen LogP contribution < -0.4 is 5.73 Å². The molecule has 0 saturated heterocycles. The molecule has 0 saturated carbocycles. The largest absolute Gasteiger partial charge is 0.469 e. The van der Waals surface area contributed by atoms with Gasteiger partial charge in [-0.3, -0.25) is 4.79 Å². The molecule has 2 N–H and O–H groups in total. The highest BCUT2D eigenvalue weighted by atomic mass is 16.5. The van der Waals surface area contributed by atoms with Crippen molar-refractivity contribution in [3.63, 3.8) is 0 Å². The standard InChI is InChI=1S/C11H15NO2.C2H6/c1-8-5-3-4-6-9(8)10(12)7-11(13)14-2;1-2/h3-6,10H,7,12H2,1-2H3;1-2H3. The van der Waals surface area contributed by atoms with Gasteiger partial charge in [0, 0.05) is 6.04 Å². The third-order valence-corrected chi connectivity index (χ3v) is 2.20. The maximum Gasteiger partial charge on any atom is 0.307 e. The third kappa shape index (κ3) is 4.45. The first kappa shape index (κ1) is 14.6. The summed E-state index contributed by atoms with van der Waals surface area (Å²) in [4.78, 5) is 11.0. The molecular weight excluding hydrogens is 202 g/mol. The summed E-state index contributed by atoms with van der Waals surface area (Å²) in [5, 5.41) is 0. The Kier molecular flexibility index (Phi) is 7.21. The lowest BCUT2D eigenvalue weighted by atomic mass is 10.00. The molecule has 0 aliphatic rings. The molecule has 0 amide bonds. The number of aryl methyl sites for hydroxylation is 1. The van der Waals surface area contributed by atoms with E-state index in [1.807, 2.05) is 45.0 Å². The smallest absolute Gasteiger partial charge is 0.307 e. The Labute approximate surface area is 97.6 Å². The molecule has 0 bridgehead atoms. The van der Waals surface area contributed by atoms with E-state index < -0.39 is 0 Å². The Balaban J connectivity index is 0.00000106. The highest BCUT2D eigenvalue weighted by Gasteiger charge is 2.12. The molecule has 1 aromatic rings. The van der Waals surface area contributed by atoms with E-state index in [1.165, 1.54) is 7.11 Å². The molecule has 16 heavy (non-hydrogen) atoms. The maximum absolute atomic E-state index is 11.0. The van der Waals surface area contributed by atoms with Crippen molar-refractivity contribution < 1.29 is 9.53 Å². The Morgan fingerprint density at radius 3 is 2.44 bits per heavy atom. The van der Waals surface area contributed by atoms with E-state index >= 15 is 0 Å². The van der Waals surface area contributed by atoms with Gasteiger partial charge in [0.05, 0.1) is 13.5 Å². The summed E-state index contributed by atoms with van der Waals surface area (Å²) >= 11 is 0. The second-order valence-corrected chi connectivity index (χ2v) is 3.24. The molecule has 0 aromatic heterocycles. The summed E-state index contributed by atoms with van der Waals surface area (Å²) in [5.74, 6) is -0.277. The first-order chi connectivity index (χ1) is 7.65. The third-order valence-electron chi connectivity index (χ3n) is 2.20. The van der Waals surface area contributed by atoms with Crippen molar-refractivity contribution in [1.82, 2.24) is 0 Å². The van der Waals surface area contributed by atoms with Crippen molar-refractivity contribution >= 4 is 5.97 Å². The molecule has 1 rings (SSSR count). The summed E-state index contributed by atoms with van der Waals surface area (Å²) in [7, 11) is 1.37. The molecule has 3 nitrogen and oxygen atoms in total. The Morgan fingerprint density at radius 1 is 1.38 bits per heavy atom. The quantitative estimate of drug-likeness (QED) is 0.801. The lowest BCUT2D eigenvalue weighted by Crippen LogP contribution is -2.17. The van der Waals surface area contributed by atoms with Gasteiger partial charge in [-0.1, -0.05) is 38.1 Å². The van der Waals surface area contributed by atoms with Gasteiger partial charge in [0.1, 0.15) is 0 Å². The minimum absolute atomic E-state index is 0.224. The van der Waals surface area contributed by atoms with Crippen LogP contribution in [0, 0.1) is 6.92 Å². The Bertz CT molecular complexity index is 323. The van der Waals surface area contributed by atoms with Crippen molar-refractivity contribution in [2.75, 3.05) is 7.11 Å². The number of rotatable bonds is 3. The van der Waals surface area contributed by atoms with Crippen LogP contribution in [-0.4, -0.2) is 13.1 Å². The van der Waals surface area contributed by atoms with E-state index in [0.717, 1.165) is 11.1 Å². The molecule has 3 heteroatoms. The molecule has 0 heterocycles. The molecular formula is C13H21NO2. The molecule has 1 atom stereocenters. The number of carbonyl (C=O) groups is 1. The minimum Gasteiger partial charge on any atom is -0.469 e. The van der Waals surface area contributed by atoms with Gasteiger partial charge < -0.3 is 10.5 Å². The lowest BCUT2D eigenvalue weighted by molar-refractivity contribution is -0.141. The van der Waals surface area contributed by atoms with Gasteiger partial charge >= 0.3 is 5.97 Å². The molecule has 90 valence electrons. The number of hydrogen-bond donors (Lipinski definition) is 1. The van der Waals surface area contributed by atoms with E-state index in [0.29, 0.717) is 0 Å². The zero-order valence-electron chi connectivity index (χ0n) is 10.5. The molecule has 0 radical (unpaired) electrons. The lowest BCUT2D eigenvalue weighted by Gasteiger charge is -2.12. The van der Waals surface area contributed by atoms with Crippen LogP contribution in [0.3, 0.4) is 0 Å². The molecule has 1 aromatic carbocycles. The van der Waals surface area contributed by atoms with E-state index in [1.54, 1.807) is 0 Å². The van der Waals surface area contributed by atoms with Crippen molar-refractivity contribution in [2.24, 2.45) is 5.73 Å². The molecule has 0 fully saturated rings. The van der Waals surface area contributed by atoms with Crippen LogP contribution in [0.1, 0.15) is 37.4 Å². The number of benzene rings is 1. The zero-order valence-corrected chi connectivity index (χ0v) is 10.5. The summed E-state index contributed by atoms with van der Waals surface area (Å²) in [6.45, 7) is 5.98. The fourth-order valence-corrected chi connectivity index (χ4v) is 1.38. The number of methoxy groups -OCH3 is 1. The SMILES string of the molecule is CC.COC(=O)CC(N)c1ccccc1C. The average Bonchev–Trinajstić information content (AvgIpc) is 2.32. The van der Waals surface area contributed by atoms with Gasteiger partial charge in [-0.15, -0.1) is 0 Å². The number of ether oxygens (including phenoxy) is 1. The normalized spacial score (nSPS) is 11.1. The van der Waals surface area contributed by atoms with Crippen molar-refractivity contribution in [3.8, 4) is 0 Å². The van der Waals surface area contributed by atoms with Crippen LogP contribution >= 0.6 is 0 Å². The average molecular weight is 223 g/mol. The van der Waals surface area contributed by atoms with Gasteiger partial charge in [0.2, 0.25) is 0 Å². The number of nitrogens with two attached hydrogens (primary N) is 1. The highest BCUT2D eigenvalue weighted by molar-refractivity contribution is 5.70. The second kappa shape index (κ2) is 7.88. The first-order valence-corrected chi connectivity index (χ1v) is 5.53. The van der Waals surface area contributed by atoms with Crippen LogP contribution in [-0.2, 0) is 9.53 Å². The summed E-state index contributed by atoms with van der Waals surface area (Å²) in [6.07, 6.45) is 0.224. The highest BCUT2D eigenvalue weighted by Crippen LogP contribution is 2.18. The minimum atomic E-state index is -0.277. The topological polar surface area (TPSA) is 52.3 Å². The van der Waals surface area contributed by atoms with Gasteiger partial charge in [-0.25, -0.2) is 0 Å². The van der Waals surface area contributed by atoms with Crippen LogP contribution in [0.2, 0.25) is 0 Å². The predicted octanol–water partition coefficient (Wildman–Crippen LogP) is 2.58. The Hall–Kier alpha value is -1.35. The van der Waals surface area contributed by atoms with Crippen molar-refractivity contribution in [2.45, 2.75) is 33.2 Å². The number of esters is 1. The van der Waals surface area contributed by atoms with Crippen LogP contribution in [0.4, 0.5) is 0 Å². The van der Waals surface area contributed by atoms with E-state index in [2.05, 4.69) is 4.74 Å². The summed E-state index contributed by atoms with van der Waals surface area (Å²) in [6, 6.07) is 7.50. The molecule has 0 aliphatic heterocycles. The predicted molar refractivity (Wildman–Crippen MR) is 66.1 cm³/mol. The fraction of sp³-hybridized carbons (Fsp3) is 0.462. The van der Waals surface area contributed by atoms with Gasteiger partial charge in [-0.05, 0) is 18.1 Å².